The quantitative estimate of drug-likeness (QED) is 0.765. The van der Waals surface area contributed by atoms with Crippen LogP contribution in [0.3, 0.4) is 0 Å². The summed E-state index contributed by atoms with van der Waals surface area (Å²) in [6.45, 7) is 0.583. The molecule has 3 rings (SSSR count). The predicted molar refractivity (Wildman–Crippen MR) is 97.0 cm³/mol. The van der Waals surface area contributed by atoms with Crippen molar-refractivity contribution in [3.8, 4) is 0 Å². The summed E-state index contributed by atoms with van der Waals surface area (Å²) >= 11 is 0. The summed E-state index contributed by atoms with van der Waals surface area (Å²) in [5, 5.41) is 5.42. The van der Waals surface area contributed by atoms with Crippen LogP contribution in [-0.2, 0) is 9.53 Å². The molecule has 1 unspecified atom stereocenters. The Morgan fingerprint density at radius 3 is 2.58 bits per heavy atom. The average molecular weight is 353 g/mol. The smallest absolute Gasteiger partial charge is 0.255 e. The van der Waals surface area contributed by atoms with Gasteiger partial charge in [0.1, 0.15) is 6.10 Å². The first kappa shape index (κ1) is 17.6. The van der Waals surface area contributed by atoms with E-state index < -0.39 is 17.9 Å². The number of hydrogen-bond donors (Lipinski definition) is 3. The molecule has 0 spiro atoms. The summed E-state index contributed by atoms with van der Waals surface area (Å²) < 4.78 is 5.34. The third kappa shape index (κ3) is 4.07. The molecule has 3 amide bonds. The van der Waals surface area contributed by atoms with Crippen molar-refractivity contribution in [1.82, 2.24) is 0 Å². The van der Waals surface area contributed by atoms with Gasteiger partial charge in [-0.25, -0.2) is 0 Å². The Kier molecular flexibility index (Phi) is 5.28. The lowest BCUT2D eigenvalue weighted by Crippen LogP contribution is -2.27. The fourth-order valence-corrected chi connectivity index (χ4v) is 2.75. The number of carbonyl (C=O) groups excluding carboxylic acids is 3. The van der Waals surface area contributed by atoms with E-state index in [-0.39, 0.29) is 11.5 Å². The van der Waals surface area contributed by atoms with E-state index in [0.29, 0.717) is 30.0 Å². The number of primary amides is 1. The minimum Gasteiger partial charge on any atom is -0.368 e. The maximum Gasteiger partial charge on any atom is 0.255 e. The molecule has 1 aliphatic rings. The second-order valence-electron chi connectivity index (χ2n) is 5.94. The van der Waals surface area contributed by atoms with Crippen LogP contribution in [0.5, 0.6) is 0 Å². The molecule has 0 aliphatic carbocycles. The zero-order chi connectivity index (χ0) is 18.5. The third-order valence-corrected chi connectivity index (χ3v) is 4.06. The molecule has 1 fully saturated rings. The van der Waals surface area contributed by atoms with Gasteiger partial charge < -0.3 is 21.1 Å². The molecule has 7 heteroatoms. The van der Waals surface area contributed by atoms with Crippen LogP contribution in [0.2, 0.25) is 0 Å². The topological polar surface area (TPSA) is 111 Å². The highest BCUT2D eigenvalue weighted by Crippen LogP contribution is 2.19. The van der Waals surface area contributed by atoms with E-state index in [9.17, 15) is 14.4 Å². The van der Waals surface area contributed by atoms with Crippen molar-refractivity contribution in [2.45, 2.75) is 18.9 Å². The van der Waals surface area contributed by atoms with Gasteiger partial charge in [0, 0.05) is 17.9 Å². The Balaban J connectivity index is 1.72. The van der Waals surface area contributed by atoms with Gasteiger partial charge in [-0.15, -0.1) is 0 Å². The first-order chi connectivity index (χ1) is 12.5. The van der Waals surface area contributed by atoms with Gasteiger partial charge in [0.05, 0.1) is 11.3 Å². The van der Waals surface area contributed by atoms with Gasteiger partial charge in [-0.3, -0.25) is 14.4 Å². The fraction of sp³-hybridized carbons (Fsp3) is 0.211. The Morgan fingerprint density at radius 1 is 1.04 bits per heavy atom. The number of rotatable bonds is 5. The molecule has 1 heterocycles. The van der Waals surface area contributed by atoms with Crippen molar-refractivity contribution >= 4 is 29.1 Å². The van der Waals surface area contributed by atoms with Crippen molar-refractivity contribution in [1.29, 1.82) is 0 Å². The number of anilines is 2. The van der Waals surface area contributed by atoms with Gasteiger partial charge in [-0.1, -0.05) is 18.2 Å². The van der Waals surface area contributed by atoms with Crippen LogP contribution >= 0.6 is 0 Å². The van der Waals surface area contributed by atoms with Crippen LogP contribution in [0.1, 0.15) is 33.6 Å². The van der Waals surface area contributed by atoms with E-state index in [4.69, 9.17) is 10.5 Å². The molecule has 0 saturated carbocycles. The Morgan fingerprint density at radius 2 is 1.85 bits per heavy atom. The molecule has 0 bridgehead atoms. The average Bonchev–Trinajstić information content (AvgIpc) is 3.17. The molecule has 134 valence electrons. The van der Waals surface area contributed by atoms with E-state index >= 15 is 0 Å². The highest BCUT2D eigenvalue weighted by molar-refractivity contribution is 6.09. The van der Waals surface area contributed by atoms with Crippen molar-refractivity contribution in [2.24, 2.45) is 5.73 Å². The molecule has 4 N–H and O–H groups in total. The van der Waals surface area contributed by atoms with Gasteiger partial charge in [0.15, 0.2) is 0 Å². The molecule has 1 atom stereocenters. The van der Waals surface area contributed by atoms with Crippen LogP contribution < -0.4 is 16.4 Å². The molecule has 0 radical (unpaired) electrons. The largest absolute Gasteiger partial charge is 0.368 e. The number of para-hydroxylation sites is 1. The fourth-order valence-electron chi connectivity index (χ4n) is 2.75. The molecule has 2 aromatic carbocycles. The van der Waals surface area contributed by atoms with E-state index in [1.165, 1.54) is 6.07 Å². The maximum absolute atomic E-state index is 12.5. The molecule has 7 nitrogen and oxygen atoms in total. The normalized spacial score (nSPS) is 16.1. The molecular formula is C19H19N3O4. The summed E-state index contributed by atoms with van der Waals surface area (Å²) in [6, 6.07) is 13.0. The van der Waals surface area contributed by atoms with Crippen molar-refractivity contribution < 1.29 is 19.1 Å². The van der Waals surface area contributed by atoms with Crippen molar-refractivity contribution in [3.63, 3.8) is 0 Å². The second kappa shape index (κ2) is 7.79. The zero-order valence-electron chi connectivity index (χ0n) is 14.0. The third-order valence-electron chi connectivity index (χ3n) is 4.06. The van der Waals surface area contributed by atoms with Gasteiger partial charge >= 0.3 is 0 Å². The van der Waals surface area contributed by atoms with Gasteiger partial charge in [-0.2, -0.15) is 0 Å². The molecular weight excluding hydrogens is 334 g/mol. The first-order valence-electron chi connectivity index (χ1n) is 8.27. The molecule has 2 aromatic rings. The Bertz CT molecular complexity index is 844. The predicted octanol–water partition coefficient (Wildman–Crippen LogP) is 2.16. The SMILES string of the molecule is NC(=O)c1ccccc1NC(=O)c1cccc(NC(=O)C2CCCO2)c1. The van der Waals surface area contributed by atoms with E-state index in [0.717, 1.165) is 6.42 Å². The minimum atomic E-state index is -0.626. The number of carbonyl (C=O) groups is 3. The number of ether oxygens (including phenoxy) is 1. The maximum atomic E-state index is 12.5. The number of amides is 3. The molecule has 26 heavy (non-hydrogen) atoms. The second-order valence-corrected chi connectivity index (χ2v) is 5.94. The number of nitrogens with two attached hydrogens (primary N) is 1. The van der Waals surface area contributed by atoms with E-state index in [1.807, 2.05) is 0 Å². The summed E-state index contributed by atoms with van der Waals surface area (Å²) in [5.41, 5.74) is 6.72. The lowest BCUT2D eigenvalue weighted by atomic mass is 10.1. The summed E-state index contributed by atoms with van der Waals surface area (Å²) in [5.74, 6) is -1.26. The zero-order valence-corrected chi connectivity index (χ0v) is 14.0. The molecule has 0 aromatic heterocycles. The monoisotopic (exact) mass is 353 g/mol. The molecule has 1 aliphatic heterocycles. The van der Waals surface area contributed by atoms with Crippen LogP contribution in [0.25, 0.3) is 0 Å². The first-order valence-corrected chi connectivity index (χ1v) is 8.27. The lowest BCUT2D eigenvalue weighted by molar-refractivity contribution is -0.124. The summed E-state index contributed by atoms with van der Waals surface area (Å²) in [6.07, 6.45) is 1.10. The van der Waals surface area contributed by atoms with Gasteiger partial charge in [-0.05, 0) is 43.2 Å². The minimum absolute atomic E-state index is 0.223. The highest BCUT2D eigenvalue weighted by Gasteiger charge is 2.23. The standard InChI is InChI=1S/C19H19N3O4/c20-17(23)14-7-1-2-8-15(14)22-18(24)12-5-3-6-13(11-12)21-19(25)16-9-4-10-26-16/h1-3,5-8,11,16H,4,9-10H2,(H2,20,23)(H,21,25)(H,22,24). The van der Waals surface area contributed by atoms with Crippen LogP contribution in [0.15, 0.2) is 48.5 Å². The highest BCUT2D eigenvalue weighted by atomic mass is 16.5. The Labute approximate surface area is 150 Å². The number of benzene rings is 2. The van der Waals surface area contributed by atoms with Crippen molar-refractivity contribution in [2.75, 3.05) is 17.2 Å². The molecule has 1 saturated heterocycles. The van der Waals surface area contributed by atoms with E-state index in [1.54, 1.807) is 42.5 Å². The van der Waals surface area contributed by atoms with Crippen molar-refractivity contribution in [3.05, 3.63) is 59.7 Å². The number of nitrogens with one attached hydrogen (secondary N) is 2. The van der Waals surface area contributed by atoms with Gasteiger partial charge in [0.25, 0.3) is 17.7 Å². The van der Waals surface area contributed by atoms with Gasteiger partial charge in [0.2, 0.25) is 0 Å². The Hall–Kier alpha value is -3.19. The van der Waals surface area contributed by atoms with Crippen LogP contribution in [0, 0.1) is 0 Å². The van der Waals surface area contributed by atoms with Crippen LogP contribution in [0.4, 0.5) is 11.4 Å². The number of hydrogen-bond acceptors (Lipinski definition) is 4. The summed E-state index contributed by atoms with van der Waals surface area (Å²) in [4.78, 5) is 36.1. The van der Waals surface area contributed by atoms with E-state index in [2.05, 4.69) is 10.6 Å². The van der Waals surface area contributed by atoms with Crippen LogP contribution in [-0.4, -0.2) is 30.4 Å². The lowest BCUT2D eigenvalue weighted by Gasteiger charge is -2.12. The summed E-state index contributed by atoms with van der Waals surface area (Å²) in [7, 11) is 0.